The van der Waals surface area contributed by atoms with Gasteiger partial charge in [-0.2, -0.15) is 0 Å². The zero-order valence-corrected chi connectivity index (χ0v) is 12.8. The summed E-state index contributed by atoms with van der Waals surface area (Å²) in [6.07, 6.45) is 4.61. The maximum atomic E-state index is 6.77. The van der Waals surface area contributed by atoms with Crippen molar-refractivity contribution in [3.8, 4) is 0 Å². The number of aryl methyl sites for hydroxylation is 2. The number of hydrogen-bond acceptors (Lipinski definition) is 2. The summed E-state index contributed by atoms with van der Waals surface area (Å²) in [6.45, 7) is 7.54. The van der Waals surface area contributed by atoms with Gasteiger partial charge in [-0.15, -0.1) is 0 Å². The monoisotopic (exact) mass is 271 g/mol. The summed E-state index contributed by atoms with van der Waals surface area (Å²) in [4.78, 5) is 4.91. The fourth-order valence-electron chi connectivity index (χ4n) is 3.74. The molecule has 0 amide bonds. The largest absolute Gasteiger partial charge is 0.327 e. The molecule has 1 aromatic carbocycles. The molecule has 2 N–H and O–H groups in total. The first-order chi connectivity index (χ1) is 9.53. The molecule has 1 aromatic heterocycles. The Hall–Kier alpha value is -1.35. The van der Waals surface area contributed by atoms with Crippen LogP contribution in [0, 0.1) is 12.8 Å². The Kier molecular flexibility index (Phi) is 3.33. The van der Waals surface area contributed by atoms with E-state index in [1.807, 2.05) is 0 Å². The number of imidazole rings is 1. The standard InChI is InChI=1S/C17H25N3/c1-4-20-15-8-7-12(2)10-14(15)19-16(20)17(18)9-5-6-13(3)11-17/h7-8,10,13H,4-6,9,11,18H2,1-3H3. The summed E-state index contributed by atoms with van der Waals surface area (Å²) < 4.78 is 2.31. The lowest BCUT2D eigenvalue weighted by molar-refractivity contribution is 0.223. The van der Waals surface area contributed by atoms with Gasteiger partial charge in [0.1, 0.15) is 5.82 Å². The third-order valence-electron chi connectivity index (χ3n) is 4.70. The molecule has 0 aliphatic heterocycles. The third-order valence-corrected chi connectivity index (χ3v) is 4.70. The molecule has 3 rings (SSSR count). The number of fused-ring (bicyclic) bond motifs is 1. The molecule has 3 heteroatoms. The summed E-state index contributed by atoms with van der Waals surface area (Å²) in [5.41, 5.74) is 10.1. The quantitative estimate of drug-likeness (QED) is 0.904. The van der Waals surface area contributed by atoms with Crippen LogP contribution in [0.5, 0.6) is 0 Å². The van der Waals surface area contributed by atoms with E-state index in [-0.39, 0.29) is 5.54 Å². The maximum Gasteiger partial charge on any atom is 0.130 e. The first-order valence-corrected chi connectivity index (χ1v) is 7.80. The highest BCUT2D eigenvalue weighted by atomic mass is 15.1. The predicted molar refractivity (Wildman–Crippen MR) is 83.6 cm³/mol. The molecule has 108 valence electrons. The summed E-state index contributed by atoms with van der Waals surface area (Å²) in [5, 5.41) is 0. The van der Waals surface area contributed by atoms with Crippen molar-refractivity contribution in [2.75, 3.05) is 0 Å². The number of rotatable bonds is 2. The minimum Gasteiger partial charge on any atom is -0.327 e. The lowest BCUT2D eigenvalue weighted by atomic mass is 9.76. The highest BCUT2D eigenvalue weighted by Crippen LogP contribution is 2.38. The Labute approximate surface area is 121 Å². The van der Waals surface area contributed by atoms with Crippen molar-refractivity contribution in [1.82, 2.24) is 9.55 Å². The van der Waals surface area contributed by atoms with E-state index < -0.39 is 0 Å². The molecule has 0 spiro atoms. The minimum absolute atomic E-state index is 0.249. The van der Waals surface area contributed by atoms with Crippen LogP contribution in [0.25, 0.3) is 11.0 Å². The highest BCUT2D eigenvalue weighted by Gasteiger charge is 2.36. The van der Waals surface area contributed by atoms with E-state index >= 15 is 0 Å². The average molecular weight is 271 g/mol. The van der Waals surface area contributed by atoms with Gasteiger partial charge in [0.15, 0.2) is 0 Å². The van der Waals surface area contributed by atoms with E-state index in [4.69, 9.17) is 10.7 Å². The fourth-order valence-corrected chi connectivity index (χ4v) is 3.74. The predicted octanol–water partition coefficient (Wildman–Crippen LogP) is 3.73. The van der Waals surface area contributed by atoms with Gasteiger partial charge >= 0.3 is 0 Å². The highest BCUT2D eigenvalue weighted by molar-refractivity contribution is 5.77. The van der Waals surface area contributed by atoms with E-state index in [2.05, 4.69) is 43.5 Å². The van der Waals surface area contributed by atoms with Crippen LogP contribution in [0.3, 0.4) is 0 Å². The van der Waals surface area contributed by atoms with Crippen molar-refractivity contribution in [2.45, 2.75) is 58.5 Å². The Bertz CT molecular complexity index is 628. The second-order valence-electron chi connectivity index (χ2n) is 6.53. The summed E-state index contributed by atoms with van der Waals surface area (Å²) in [5.74, 6) is 1.78. The molecule has 1 fully saturated rings. The molecule has 2 atom stereocenters. The minimum atomic E-state index is -0.249. The van der Waals surface area contributed by atoms with Gasteiger partial charge in [-0.25, -0.2) is 4.98 Å². The molecule has 3 nitrogen and oxygen atoms in total. The fraction of sp³-hybridized carbons (Fsp3) is 0.588. The van der Waals surface area contributed by atoms with Crippen molar-refractivity contribution in [3.63, 3.8) is 0 Å². The summed E-state index contributed by atoms with van der Waals surface area (Å²) in [7, 11) is 0. The third kappa shape index (κ3) is 2.14. The molecule has 20 heavy (non-hydrogen) atoms. The van der Waals surface area contributed by atoms with Gasteiger partial charge in [0.2, 0.25) is 0 Å². The number of aromatic nitrogens is 2. The van der Waals surface area contributed by atoms with Crippen LogP contribution >= 0.6 is 0 Å². The Morgan fingerprint density at radius 1 is 1.45 bits per heavy atom. The lowest BCUT2D eigenvalue weighted by Gasteiger charge is -2.36. The molecule has 1 aliphatic carbocycles. The van der Waals surface area contributed by atoms with Crippen molar-refractivity contribution < 1.29 is 0 Å². The van der Waals surface area contributed by atoms with Crippen LogP contribution in [0.4, 0.5) is 0 Å². The van der Waals surface area contributed by atoms with Gasteiger partial charge in [0.25, 0.3) is 0 Å². The van der Waals surface area contributed by atoms with Crippen LogP contribution < -0.4 is 5.73 Å². The second kappa shape index (κ2) is 4.88. The Morgan fingerprint density at radius 2 is 2.25 bits per heavy atom. The van der Waals surface area contributed by atoms with Crippen LogP contribution in [-0.2, 0) is 12.1 Å². The van der Waals surface area contributed by atoms with Gasteiger partial charge in [-0.1, -0.05) is 25.8 Å². The average Bonchev–Trinajstić information content (AvgIpc) is 2.76. The molecular formula is C17H25N3. The number of hydrogen-bond donors (Lipinski definition) is 1. The van der Waals surface area contributed by atoms with Crippen LogP contribution in [0.2, 0.25) is 0 Å². The molecule has 1 saturated carbocycles. The number of nitrogens with two attached hydrogens (primary N) is 1. The van der Waals surface area contributed by atoms with Gasteiger partial charge < -0.3 is 10.3 Å². The molecule has 0 bridgehead atoms. The first kappa shape index (κ1) is 13.6. The van der Waals surface area contributed by atoms with E-state index in [0.717, 1.165) is 30.7 Å². The maximum absolute atomic E-state index is 6.77. The Morgan fingerprint density at radius 3 is 2.95 bits per heavy atom. The van der Waals surface area contributed by atoms with Crippen molar-refractivity contribution in [3.05, 3.63) is 29.6 Å². The molecular weight excluding hydrogens is 246 g/mol. The van der Waals surface area contributed by atoms with Gasteiger partial charge in [0.05, 0.1) is 16.6 Å². The topological polar surface area (TPSA) is 43.8 Å². The first-order valence-electron chi connectivity index (χ1n) is 7.80. The van der Waals surface area contributed by atoms with E-state index in [9.17, 15) is 0 Å². The second-order valence-corrected chi connectivity index (χ2v) is 6.53. The molecule has 0 radical (unpaired) electrons. The molecule has 2 aromatic rings. The van der Waals surface area contributed by atoms with E-state index in [1.165, 1.54) is 23.9 Å². The zero-order chi connectivity index (χ0) is 14.3. The zero-order valence-electron chi connectivity index (χ0n) is 12.8. The van der Waals surface area contributed by atoms with Gasteiger partial charge in [-0.3, -0.25) is 0 Å². The summed E-state index contributed by atoms with van der Waals surface area (Å²) >= 11 is 0. The van der Waals surface area contributed by atoms with Gasteiger partial charge in [-0.05, 0) is 50.3 Å². The number of benzene rings is 1. The summed E-state index contributed by atoms with van der Waals surface area (Å²) in [6, 6.07) is 6.51. The van der Waals surface area contributed by atoms with Crippen molar-refractivity contribution in [2.24, 2.45) is 11.7 Å². The van der Waals surface area contributed by atoms with Gasteiger partial charge in [0, 0.05) is 6.54 Å². The normalized spacial score (nSPS) is 27.1. The number of nitrogens with zero attached hydrogens (tertiary/aromatic N) is 2. The molecule has 1 aliphatic rings. The van der Waals surface area contributed by atoms with Crippen LogP contribution in [0.1, 0.15) is 50.9 Å². The molecule has 0 saturated heterocycles. The van der Waals surface area contributed by atoms with E-state index in [0.29, 0.717) is 5.92 Å². The van der Waals surface area contributed by atoms with Crippen LogP contribution in [0.15, 0.2) is 18.2 Å². The smallest absolute Gasteiger partial charge is 0.130 e. The molecule has 2 unspecified atom stereocenters. The van der Waals surface area contributed by atoms with Crippen molar-refractivity contribution in [1.29, 1.82) is 0 Å². The lowest BCUT2D eigenvalue weighted by Crippen LogP contribution is -2.43. The molecule has 1 heterocycles. The van der Waals surface area contributed by atoms with E-state index in [1.54, 1.807) is 0 Å². The Balaban J connectivity index is 2.15. The SMILES string of the molecule is CCn1c(C2(N)CCCC(C)C2)nc2cc(C)ccc21. The van der Waals surface area contributed by atoms with Crippen molar-refractivity contribution >= 4 is 11.0 Å². The van der Waals surface area contributed by atoms with Crippen LogP contribution in [-0.4, -0.2) is 9.55 Å².